The van der Waals surface area contributed by atoms with Crippen LogP contribution >= 0.6 is 0 Å². The fraction of sp³-hybridized carbons (Fsp3) is 0.435. The highest BCUT2D eigenvalue weighted by molar-refractivity contribution is 6.03. The van der Waals surface area contributed by atoms with Crippen LogP contribution in [-0.2, 0) is 13.1 Å². The predicted octanol–water partition coefficient (Wildman–Crippen LogP) is 3.63. The van der Waals surface area contributed by atoms with Crippen molar-refractivity contribution in [2.75, 3.05) is 11.9 Å². The number of pyridine rings is 1. The number of fused-ring (bicyclic) bond motifs is 1. The number of aromatic nitrogens is 1. The van der Waals surface area contributed by atoms with Crippen LogP contribution in [0, 0.1) is 11.8 Å². The largest absolute Gasteiger partial charge is 0.383 e. The summed E-state index contributed by atoms with van der Waals surface area (Å²) >= 11 is 0. The van der Waals surface area contributed by atoms with E-state index in [2.05, 4.69) is 45.8 Å². The van der Waals surface area contributed by atoms with E-state index >= 15 is 0 Å². The van der Waals surface area contributed by atoms with E-state index in [0.29, 0.717) is 11.6 Å². The van der Waals surface area contributed by atoms with Crippen LogP contribution in [0.1, 0.15) is 55.7 Å². The van der Waals surface area contributed by atoms with Gasteiger partial charge < -0.3 is 16.0 Å². The monoisotopic (exact) mass is 406 g/mol. The third-order valence-electron chi connectivity index (χ3n) is 5.86. The third kappa shape index (κ3) is 4.89. The van der Waals surface area contributed by atoms with Crippen LogP contribution in [-0.4, -0.2) is 28.3 Å². The molecule has 1 aromatic heterocycles. The lowest BCUT2D eigenvalue weighted by Crippen LogP contribution is -2.29. The normalized spacial score (nSPS) is 17.1. The number of nitrogens with two attached hydrogens (primary N) is 1. The first-order chi connectivity index (χ1) is 14.6. The lowest BCUT2D eigenvalue weighted by atomic mass is 9.95. The number of anilines is 1. The van der Waals surface area contributed by atoms with Gasteiger partial charge in [-0.1, -0.05) is 32.3 Å². The number of nitriles is 1. The Labute approximate surface area is 177 Å². The number of hydrogen-bond acceptors (Lipinski definition) is 5. The molecule has 2 aliphatic rings. The molecule has 2 heterocycles. The molecule has 0 saturated heterocycles. The van der Waals surface area contributed by atoms with Crippen LogP contribution in [0.2, 0.25) is 0 Å². The number of nitrogens with zero attached hydrogens (tertiary/aromatic N) is 3. The lowest BCUT2D eigenvalue weighted by molar-refractivity contribution is 0.301. The topological polar surface area (TPSA) is 110 Å². The van der Waals surface area contributed by atoms with Crippen LogP contribution in [0.25, 0.3) is 0 Å². The summed E-state index contributed by atoms with van der Waals surface area (Å²) in [5.41, 5.74) is 10.7. The molecule has 0 radical (unpaired) electrons. The zero-order valence-electron chi connectivity index (χ0n) is 17.5. The Bertz CT molecular complexity index is 971. The van der Waals surface area contributed by atoms with Crippen molar-refractivity contribution in [3.8, 4) is 6.57 Å². The van der Waals surface area contributed by atoms with Crippen molar-refractivity contribution in [1.82, 2.24) is 9.88 Å². The summed E-state index contributed by atoms with van der Waals surface area (Å²) in [6, 6.07) is 8.46. The molecule has 158 valence electrons. The molecule has 4 N–H and O–H groups in total. The summed E-state index contributed by atoms with van der Waals surface area (Å²) in [4.78, 5) is 22.2. The second kappa shape index (κ2) is 10.1. The third-order valence-corrected chi connectivity index (χ3v) is 5.86. The summed E-state index contributed by atoms with van der Waals surface area (Å²) in [6.45, 7) is 8.63. The smallest absolute Gasteiger partial charge is 0.261 e. The number of amidine groups is 1. The van der Waals surface area contributed by atoms with Gasteiger partial charge in [0.1, 0.15) is 11.4 Å². The van der Waals surface area contributed by atoms with Crippen molar-refractivity contribution in [3.05, 3.63) is 57.5 Å². The highest BCUT2D eigenvalue weighted by Gasteiger charge is 2.19. The first-order valence-electron chi connectivity index (χ1n) is 10.6. The van der Waals surface area contributed by atoms with Gasteiger partial charge in [-0.05, 0) is 48.7 Å². The average Bonchev–Trinajstić information content (AvgIpc) is 3.18. The van der Waals surface area contributed by atoms with Crippen LogP contribution in [0.4, 0.5) is 11.4 Å². The van der Waals surface area contributed by atoms with Crippen molar-refractivity contribution in [2.24, 2.45) is 10.7 Å². The molecule has 0 amide bonds. The number of benzene rings is 1. The molecule has 1 aromatic carbocycles. The van der Waals surface area contributed by atoms with Crippen molar-refractivity contribution in [1.29, 1.82) is 5.26 Å². The van der Waals surface area contributed by atoms with E-state index in [0.717, 1.165) is 43.9 Å². The fourth-order valence-electron chi connectivity index (χ4n) is 4.26. The van der Waals surface area contributed by atoms with Gasteiger partial charge in [-0.3, -0.25) is 9.69 Å². The zero-order chi connectivity index (χ0) is 21.5. The molecule has 0 unspecified atom stereocenters. The van der Waals surface area contributed by atoms with Crippen molar-refractivity contribution in [2.45, 2.75) is 58.2 Å². The SMILES string of the molecule is C#N.CCN1Cc2ccc(N=C(N)c3c(NC4CCCCC4)cc[nH]c3=O)cc2C1. The number of aromatic amines is 1. The maximum atomic E-state index is 12.5. The maximum Gasteiger partial charge on any atom is 0.261 e. The number of rotatable bonds is 5. The predicted molar refractivity (Wildman–Crippen MR) is 121 cm³/mol. The minimum absolute atomic E-state index is 0.208. The van der Waals surface area contributed by atoms with Gasteiger partial charge in [-0.2, -0.15) is 0 Å². The maximum absolute atomic E-state index is 12.5. The van der Waals surface area contributed by atoms with Crippen molar-refractivity contribution < 1.29 is 0 Å². The Morgan fingerprint density at radius 2 is 1.97 bits per heavy atom. The molecule has 1 fully saturated rings. The summed E-state index contributed by atoms with van der Waals surface area (Å²) < 4.78 is 0. The minimum Gasteiger partial charge on any atom is -0.383 e. The second-order valence-corrected chi connectivity index (χ2v) is 7.83. The molecular formula is C23H30N6O. The summed E-state index contributed by atoms with van der Waals surface area (Å²) in [5.74, 6) is 0.255. The van der Waals surface area contributed by atoms with Crippen LogP contribution in [0.5, 0.6) is 0 Å². The highest BCUT2D eigenvalue weighted by Crippen LogP contribution is 2.27. The molecule has 30 heavy (non-hydrogen) atoms. The van der Waals surface area contributed by atoms with Gasteiger partial charge in [0.05, 0.1) is 11.4 Å². The molecule has 2 aromatic rings. The lowest BCUT2D eigenvalue weighted by Gasteiger charge is -2.24. The Morgan fingerprint density at radius 3 is 2.70 bits per heavy atom. The van der Waals surface area contributed by atoms with E-state index in [1.807, 2.05) is 12.1 Å². The second-order valence-electron chi connectivity index (χ2n) is 7.83. The Hall–Kier alpha value is -3.11. The molecule has 0 atom stereocenters. The summed E-state index contributed by atoms with van der Waals surface area (Å²) in [6.07, 6.45) is 7.66. The minimum atomic E-state index is -0.208. The zero-order valence-corrected chi connectivity index (χ0v) is 17.5. The molecular weight excluding hydrogens is 376 g/mol. The Kier molecular flexibility index (Phi) is 7.26. The van der Waals surface area contributed by atoms with Crippen LogP contribution in [0.15, 0.2) is 40.2 Å². The quantitative estimate of drug-likeness (QED) is 0.519. The number of nitrogens with one attached hydrogen (secondary N) is 2. The van der Waals surface area contributed by atoms with E-state index in [9.17, 15) is 4.79 Å². The Morgan fingerprint density at radius 1 is 1.23 bits per heavy atom. The average molecular weight is 407 g/mol. The van der Waals surface area contributed by atoms with Gasteiger partial charge >= 0.3 is 0 Å². The molecule has 4 rings (SSSR count). The van der Waals surface area contributed by atoms with E-state index in [1.165, 1.54) is 30.4 Å². The fourth-order valence-corrected chi connectivity index (χ4v) is 4.26. The van der Waals surface area contributed by atoms with Crippen molar-refractivity contribution >= 4 is 17.2 Å². The van der Waals surface area contributed by atoms with Gasteiger partial charge in [0.15, 0.2) is 0 Å². The van der Waals surface area contributed by atoms with Crippen molar-refractivity contribution in [3.63, 3.8) is 0 Å². The summed E-state index contributed by atoms with van der Waals surface area (Å²) in [5, 5.41) is 10.0. The van der Waals surface area contributed by atoms with Gasteiger partial charge in [0.25, 0.3) is 5.56 Å². The number of hydrogen-bond donors (Lipinski definition) is 3. The van der Waals surface area contributed by atoms with E-state index in [1.54, 1.807) is 6.20 Å². The molecule has 7 nitrogen and oxygen atoms in total. The number of H-pyrrole nitrogens is 1. The van der Waals surface area contributed by atoms with E-state index in [-0.39, 0.29) is 11.4 Å². The molecule has 1 aliphatic carbocycles. The van der Waals surface area contributed by atoms with E-state index in [4.69, 9.17) is 11.0 Å². The Balaban J connectivity index is 0.00000124. The summed E-state index contributed by atoms with van der Waals surface area (Å²) in [7, 11) is 0. The molecule has 1 aliphatic heterocycles. The van der Waals surface area contributed by atoms with Gasteiger partial charge in [0.2, 0.25) is 0 Å². The molecule has 7 heteroatoms. The van der Waals surface area contributed by atoms with Gasteiger partial charge in [-0.25, -0.2) is 10.3 Å². The highest BCUT2D eigenvalue weighted by atomic mass is 16.1. The molecule has 0 bridgehead atoms. The number of aliphatic imine (C=N–C) groups is 1. The first kappa shape index (κ1) is 21.6. The first-order valence-corrected chi connectivity index (χ1v) is 10.6. The van der Waals surface area contributed by atoms with Gasteiger partial charge in [0, 0.05) is 31.9 Å². The van der Waals surface area contributed by atoms with Crippen LogP contribution < -0.4 is 16.6 Å². The molecule has 1 saturated carbocycles. The molecule has 0 spiro atoms. The van der Waals surface area contributed by atoms with Crippen LogP contribution in [0.3, 0.4) is 0 Å². The standard InChI is InChI=1S/C22H29N5O.CHN/c1-2-27-13-15-8-9-18(12-16(15)14-27)26-21(23)20-19(10-11-24-22(20)28)25-17-6-4-3-5-7-17;1-2/h8-12,17H,2-7,13-14H2,1H3,(H2,23,26)(H2,24,25,28);1H. The van der Waals surface area contributed by atoms with Gasteiger partial charge in [-0.15, -0.1) is 0 Å². The van der Waals surface area contributed by atoms with E-state index < -0.39 is 0 Å².